The molecular weight excluding hydrogens is 464 g/mol. The lowest BCUT2D eigenvalue weighted by molar-refractivity contribution is -0.151. The van der Waals surface area contributed by atoms with E-state index in [2.05, 4.69) is 35.7 Å². The zero-order chi connectivity index (χ0) is 24.6. The smallest absolute Gasteiger partial charge is 0.354 e. The van der Waals surface area contributed by atoms with E-state index in [4.69, 9.17) is 0 Å². The van der Waals surface area contributed by atoms with Crippen molar-refractivity contribution in [3.05, 3.63) is 54.9 Å². The molecule has 0 bridgehead atoms. The fraction of sp³-hybridized carbons (Fsp3) is 0.348. The van der Waals surface area contributed by atoms with Gasteiger partial charge in [-0.25, -0.2) is 19.3 Å². The predicted octanol–water partition coefficient (Wildman–Crippen LogP) is 4.82. The molecule has 4 aromatic rings. The molecule has 1 fully saturated rings. The van der Waals surface area contributed by atoms with Crippen LogP contribution >= 0.6 is 0 Å². The molecule has 35 heavy (non-hydrogen) atoms. The number of benzene rings is 1. The molecule has 0 spiro atoms. The summed E-state index contributed by atoms with van der Waals surface area (Å²) in [6, 6.07) is 8.94. The SMILES string of the molecule is CC[C@H](Cn1cncn1)Nc1nc(NC2(C(F)(F)F)CC2)c2nc(-c3ccc(F)cc3)ccc2n1. The van der Waals surface area contributed by atoms with Crippen LogP contribution < -0.4 is 10.6 Å². The molecule has 2 N–H and O–H groups in total. The maximum atomic E-state index is 13.7. The van der Waals surface area contributed by atoms with Crippen LogP contribution in [0, 0.1) is 5.82 Å². The summed E-state index contributed by atoms with van der Waals surface area (Å²) in [5.74, 6) is -0.221. The number of fused-ring (bicyclic) bond motifs is 1. The van der Waals surface area contributed by atoms with Crippen LogP contribution in [0.25, 0.3) is 22.3 Å². The second-order valence-corrected chi connectivity index (χ2v) is 8.54. The third-order valence-electron chi connectivity index (χ3n) is 6.03. The first kappa shape index (κ1) is 22.9. The Balaban J connectivity index is 1.54. The van der Waals surface area contributed by atoms with Gasteiger partial charge in [-0.1, -0.05) is 6.92 Å². The summed E-state index contributed by atoms with van der Waals surface area (Å²) in [5.41, 5.74) is -0.359. The van der Waals surface area contributed by atoms with E-state index in [-0.39, 0.29) is 36.2 Å². The highest BCUT2D eigenvalue weighted by atomic mass is 19.4. The van der Waals surface area contributed by atoms with Crippen LogP contribution in [0.15, 0.2) is 49.1 Å². The normalized spacial score (nSPS) is 15.7. The van der Waals surface area contributed by atoms with Crippen LogP contribution in [0.1, 0.15) is 26.2 Å². The second kappa shape index (κ2) is 8.75. The van der Waals surface area contributed by atoms with Crippen molar-refractivity contribution in [3.63, 3.8) is 0 Å². The van der Waals surface area contributed by atoms with Crippen molar-refractivity contribution in [2.24, 2.45) is 0 Å². The van der Waals surface area contributed by atoms with Crippen LogP contribution in [0.4, 0.5) is 29.3 Å². The molecule has 3 heterocycles. The van der Waals surface area contributed by atoms with Gasteiger partial charge >= 0.3 is 6.18 Å². The monoisotopic (exact) mass is 486 g/mol. The number of hydrogen-bond donors (Lipinski definition) is 2. The molecule has 182 valence electrons. The van der Waals surface area contributed by atoms with Gasteiger partial charge in [0.15, 0.2) is 5.82 Å². The Bertz CT molecular complexity index is 1320. The average molecular weight is 486 g/mol. The standard InChI is InChI=1S/C23H22F4N8/c1-2-16(11-35-13-28-12-29-35)30-21-32-18-8-7-17(14-3-5-15(24)6-4-14)31-19(18)20(33-21)34-22(9-10-22)23(25,26)27/h3-8,12-13,16H,2,9-11H2,1H3,(H2,30,32,33,34)/t16-/m1/s1. The zero-order valence-electron chi connectivity index (χ0n) is 18.7. The molecule has 1 saturated carbocycles. The van der Waals surface area contributed by atoms with Crippen LogP contribution in [0.5, 0.6) is 0 Å². The summed E-state index contributed by atoms with van der Waals surface area (Å²) in [7, 11) is 0. The Hall–Kier alpha value is -3.83. The van der Waals surface area contributed by atoms with Crippen LogP contribution in [0.2, 0.25) is 0 Å². The first-order chi connectivity index (χ1) is 16.8. The summed E-state index contributed by atoms with van der Waals surface area (Å²) in [4.78, 5) is 17.4. The van der Waals surface area contributed by atoms with Crippen LogP contribution in [-0.4, -0.2) is 47.5 Å². The van der Waals surface area contributed by atoms with Crippen molar-refractivity contribution in [2.75, 3.05) is 10.6 Å². The van der Waals surface area contributed by atoms with E-state index in [0.717, 1.165) is 0 Å². The van der Waals surface area contributed by atoms with Crippen LogP contribution in [-0.2, 0) is 6.54 Å². The quantitative estimate of drug-likeness (QED) is 0.345. The van der Waals surface area contributed by atoms with Gasteiger partial charge in [0.05, 0.1) is 17.8 Å². The summed E-state index contributed by atoms with van der Waals surface area (Å²) >= 11 is 0. The highest BCUT2D eigenvalue weighted by Gasteiger charge is 2.64. The summed E-state index contributed by atoms with van der Waals surface area (Å²) in [6.07, 6.45) is -0.833. The van der Waals surface area contributed by atoms with E-state index in [0.29, 0.717) is 29.7 Å². The lowest BCUT2D eigenvalue weighted by Gasteiger charge is -2.23. The predicted molar refractivity (Wildman–Crippen MR) is 122 cm³/mol. The highest BCUT2D eigenvalue weighted by molar-refractivity contribution is 5.88. The van der Waals surface area contributed by atoms with Crippen molar-refractivity contribution < 1.29 is 17.6 Å². The molecule has 0 saturated heterocycles. The third kappa shape index (κ3) is 4.73. The average Bonchev–Trinajstić information content (AvgIpc) is 3.45. The lowest BCUT2D eigenvalue weighted by atomic mass is 10.1. The largest absolute Gasteiger partial charge is 0.411 e. The molecule has 1 aromatic carbocycles. The van der Waals surface area contributed by atoms with Gasteiger partial charge in [0, 0.05) is 11.6 Å². The lowest BCUT2D eigenvalue weighted by Crippen LogP contribution is -2.39. The summed E-state index contributed by atoms with van der Waals surface area (Å²) in [6.45, 7) is 2.45. The maximum Gasteiger partial charge on any atom is 0.411 e. The molecule has 12 heteroatoms. The number of hydrogen-bond acceptors (Lipinski definition) is 7. The van der Waals surface area contributed by atoms with E-state index in [1.807, 2.05) is 6.92 Å². The topological polar surface area (TPSA) is 93.4 Å². The Morgan fingerprint density at radius 3 is 2.46 bits per heavy atom. The Labute approximate surface area is 197 Å². The van der Waals surface area contributed by atoms with Gasteiger partial charge in [-0.2, -0.15) is 23.3 Å². The molecule has 0 radical (unpaired) electrons. The molecule has 1 aliphatic rings. The van der Waals surface area contributed by atoms with Gasteiger partial charge in [-0.05, 0) is 55.7 Å². The molecular formula is C23H22F4N8. The third-order valence-corrected chi connectivity index (χ3v) is 6.03. The molecule has 5 rings (SSSR count). The number of pyridine rings is 1. The van der Waals surface area contributed by atoms with E-state index in [1.165, 1.54) is 18.5 Å². The van der Waals surface area contributed by atoms with Gasteiger partial charge < -0.3 is 10.6 Å². The zero-order valence-corrected chi connectivity index (χ0v) is 18.7. The number of alkyl halides is 3. The fourth-order valence-electron chi connectivity index (χ4n) is 3.79. The van der Waals surface area contributed by atoms with Crippen molar-refractivity contribution in [2.45, 2.75) is 50.5 Å². The van der Waals surface area contributed by atoms with Gasteiger partial charge in [0.2, 0.25) is 5.95 Å². The van der Waals surface area contributed by atoms with E-state index in [1.54, 1.807) is 35.3 Å². The number of nitrogens with zero attached hydrogens (tertiary/aromatic N) is 6. The Kier molecular flexibility index (Phi) is 5.73. The fourth-order valence-corrected chi connectivity index (χ4v) is 3.79. The van der Waals surface area contributed by atoms with Gasteiger partial charge in [-0.15, -0.1) is 0 Å². The molecule has 0 aliphatic heterocycles. The maximum absolute atomic E-state index is 13.7. The minimum absolute atomic E-state index is 0.00750. The minimum atomic E-state index is -4.44. The van der Waals surface area contributed by atoms with Crippen LogP contribution in [0.3, 0.4) is 0 Å². The molecule has 1 aliphatic carbocycles. The van der Waals surface area contributed by atoms with E-state index >= 15 is 0 Å². The molecule has 0 unspecified atom stereocenters. The van der Waals surface area contributed by atoms with Crippen molar-refractivity contribution in [1.82, 2.24) is 29.7 Å². The Morgan fingerprint density at radius 1 is 1.06 bits per heavy atom. The number of halogens is 4. The van der Waals surface area contributed by atoms with E-state index in [9.17, 15) is 17.6 Å². The number of nitrogens with one attached hydrogen (secondary N) is 2. The minimum Gasteiger partial charge on any atom is -0.354 e. The molecule has 3 aromatic heterocycles. The van der Waals surface area contributed by atoms with Crippen molar-refractivity contribution in [1.29, 1.82) is 0 Å². The number of aromatic nitrogens is 6. The molecule has 8 nitrogen and oxygen atoms in total. The number of anilines is 2. The van der Waals surface area contributed by atoms with Gasteiger partial charge in [0.25, 0.3) is 0 Å². The number of rotatable bonds is 8. The summed E-state index contributed by atoms with van der Waals surface area (Å²) < 4.78 is 56.2. The molecule has 0 amide bonds. The second-order valence-electron chi connectivity index (χ2n) is 8.54. The first-order valence-corrected chi connectivity index (χ1v) is 11.1. The Morgan fingerprint density at radius 2 is 1.83 bits per heavy atom. The van der Waals surface area contributed by atoms with Crippen molar-refractivity contribution >= 4 is 22.8 Å². The first-order valence-electron chi connectivity index (χ1n) is 11.1. The van der Waals surface area contributed by atoms with Crippen molar-refractivity contribution in [3.8, 4) is 11.3 Å². The summed E-state index contributed by atoms with van der Waals surface area (Å²) in [5, 5.41) is 9.90. The molecule has 1 atom stereocenters. The van der Waals surface area contributed by atoms with E-state index < -0.39 is 17.5 Å². The van der Waals surface area contributed by atoms with Gasteiger partial charge in [-0.3, -0.25) is 4.68 Å². The highest BCUT2D eigenvalue weighted by Crippen LogP contribution is 2.51. The van der Waals surface area contributed by atoms with Gasteiger partial charge in [0.1, 0.15) is 29.5 Å².